The van der Waals surface area contributed by atoms with Crippen molar-refractivity contribution >= 4 is 21.6 Å². The SMILES string of the molecule is CN(CCC#N)C(=O)c1cccc(S(=O)(=O)Nc2ccccc2F)c1. The second kappa shape index (κ2) is 7.77. The van der Waals surface area contributed by atoms with E-state index in [0.717, 1.165) is 6.07 Å². The van der Waals surface area contributed by atoms with Gasteiger partial charge in [0.2, 0.25) is 0 Å². The van der Waals surface area contributed by atoms with Gasteiger partial charge in [-0.25, -0.2) is 12.8 Å². The topological polar surface area (TPSA) is 90.3 Å². The summed E-state index contributed by atoms with van der Waals surface area (Å²) in [5.74, 6) is -1.10. The molecule has 0 aliphatic carbocycles. The second-order valence-electron chi connectivity index (χ2n) is 5.25. The molecule has 0 radical (unpaired) electrons. The number of benzene rings is 2. The summed E-state index contributed by atoms with van der Waals surface area (Å²) in [7, 11) is -2.52. The highest BCUT2D eigenvalue weighted by Gasteiger charge is 2.19. The Balaban J connectivity index is 2.27. The van der Waals surface area contributed by atoms with Crippen LogP contribution in [0.15, 0.2) is 53.4 Å². The number of nitrogens with zero attached hydrogens (tertiary/aromatic N) is 2. The van der Waals surface area contributed by atoms with Crippen LogP contribution in [0.3, 0.4) is 0 Å². The van der Waals surface area contributed by atoms with Gasteiger partial charge in [0, 0.05) is 19.2 Å². The Morgan fingerprint density at radius 1 is 1.24 bits per heavy atom. The number of para-hydroxylation sites is 1. The number of nitriles is 1. The number of halogens is 1. The minimum absolute atomic E-state index is 0.157. The maximum atomic E-state index is 13.7. The first-order valence-electron chi connectivity index (χ1n) is 7.35. The van der Waals surface area contributed by atoms with E-state index < -0.39 is 21.7 Å². The van der Waals surface area contributed by atoms with E-state index in [-0.39, 0.29) is 29.1 Å². The molecule has 1 amide bonds. The number of hydrogen-bond acceptors (Lipinski definition) is 4. The van der Waals surface area contributed by atoms with Crippen LogP contribution in [0.4, 0.5) is 10.1 Å². The Morgan fingerprint density at radius 2 is 1.96 bits per heavy atom. The summed E-state index contributed by atoms with van der Waals surface area (Å²) >= 11 is 0. The number of rotatable bonds is 6. The zero-order chi connectivity index (χ0) is 18.4. The average Bonchev–Trinajstić information content (AvgIpc) is 2.61. The summed E-state index contributed by atoms with van der Waals surface area (Å²) in [4.78, 5) is 13.5. The van der Waals surface area contributed by atoms with E-state index in [9.17, 15) is 17.6 Å². The number of carbonyl (C=O) groups excluding carboxylic acids is 1. The molecule has 0 aromatic heterocycles. The molecule has 2 aromatic rings. The Bertz CT molecular complexity index is 923. The summed E-state index contributed by atoms with van der Waals surface area (Å²) < 4.78 is 40.7. The molecule has 0 spiro atoms. The van der Waals surface area contributed by atoms with Gasteiger partial charge in [0.1, 0.15) is 5.82 Å². The second-order valence-corrected chi connectivity index (χ2v) is 6.93. The van der Waals surface area contributed by atoms with Crippen LogP contribution < -0.4 is 4.72 Å². The van der Waals surface area contributed by atoms with Gasteiger partial charge in [-0.05, 0) is 30.3 Å². The average molecular weight is 361 g/mol. The Kier molecular flexibility index (Phi) is 5.72. The predicted octanol–water partition coefficient (Wildman–Crippen LogP) is 2.61. The highest BCUT2D eigenvalue weighted by Crippen LogP contribution is 2.20. The third kappa shape index (κ3) is 4.55. The molecule has 0 unspecified atom stereocenters. The van der Waals surface area contributed by atoms with Crippen molar-refractivity contribution in [2.75, 3.05) is 18.3 Å². The van der Waals surface area contributed by atoms with E-state index in [0.29, 0.717) is 0 Å². The molecule has 0 fully saturated rings. The number of nitrogens with one attached hydrogen (secondary N) is 1. The number of anilines is 1. The van der Waals surface area contributed by atoms with Crippen LogP contribution in [-0.4, -0.2) is 32.8 Å². The van der Waals surface area contributed by atoms with Gasteiger partial charge >= 0.3 is 0 Å². The molecule has 0 heterocycles. The maximum Gasteiger partial charge on any atom is 0.262 e. The first-order valence-corrected chi connectivity index (χ1v) is 8.83. The summed E-state index contributed by atoms with van der Waals surface area (Å²) in [6, 6.07) is 12.8. The van der Waals surface area contributed by atoms with Gasteiger partial charge in [0.25, 0.3) is 15.9 Å². The number of amides is 1. The maximum absolute atomic E-state index is 13.7. The zero-order valence-corrected chi connectivity index (χ0v) is 14.3. The van der Waals surface area contributed by atoms with Crippen molar-refractivity contribution in [3.05, 3.63) is 59.9 Å². The normalized spacial score (nSPS) is 10.8. The standard InChI is InChI=1S/C17H16FN3O3S/c1-21(11-5-10-19)17(22)13-6-4-7-14(12-13)25(23,24)20-16-9-3-2-8-15(16)18/h2-4,6-9,12,20H,5,11H2,1H3. The minimum atomic E-state index is -4.05. The number of sulfonamides is 1. The Hall–Kier alpha value is -2.92. The van der Waals surface area contributed by atoms with E-state index in [1.54, 1.807) is 0 Å². The van der Waals surface area contributed by atoms with E-state index >= 15 is 0 Å². The molecule has 8 heteroatoms. The molecule has 1 N–H and O–H groups in total. The van der Waals surface area contributed by atoms with Gasteiger partial charge in [0.05, 0.1) is 23.1 Å². The lowest BCUT2D eigenvalue weighted by Crippen LogP contribution is -2.27. The third-order valence-electron chi connectivity index (χ3n) is 3.42. The predicted molar refractivity (Wildman–Crippen MR) is 90.8 cm³/mol. The van der Waals surface area contributed by atoms with Gasteiger partial charge in [-0.15, -0.1) is 0 Å². The Labute approximate surface area is 145 Å². The van der Waals surface area contributed by atoms with Crippen LogP contribution in [0.2, 0.25) is 0 Å². The van der Waals surface area contributed by atoms with Crippen molar-refractivity contribution < 1.29 is 17.6 Å². The van der Waals surface area contributed by atoms with Crippen molar-refractivity contribution in [3.63, 3.8) is 0 Å². The van der Waals surface area contributed by atoms with Gasteiger partial charge < -0.3 is 4.90 Å². The van der Waals surface area contributed by atoms with Crippen LogP contribution in [-0.2, 0) is 10.0 Å². The van der Waals surface area contributed by atoms with Crippen molar-refractivity contribution in [2.24, 2.45) is 0 Å². The molecule has 2 rings (SSSR count). The molecule has 0 atom stereocenters. The van der Waals surface area contributed by atoms with Crippen LogP contribution >= 0.6 is 0 Å². The first kappa shape index (κ1) is 18.4. The fourth-order valence-corrected chi connectivity index (χ4v) is 3.20. The lowest BCUT2D eigenvalue weighted by molar-refractivity contribution is 0.0798. The van der Waals surface area contributed by atoms with Crippen molar-refractivity contribution in [2.45, 2.75) is 11.3 Å². The highest BCUT2D eigenvalue weighted by molar-refractivity contribution is 7.92. The summed E-state index contributed by atoms with van der Waals surface area (Å²) in [5.41, 5.74) is -0.0118. The molecule has 25 heavy (non-hydrogen) atoms. The molecule has 0 aliphatic rings. The fourth-order valence-electron chi connectivity index (χ4n) is 2.08. The molecule has 0 saturated carbocycles. The van der Waals surface area contributed by atoms with E-state index in [2.05, 4.69) is 4.72 Å². The molecular formula is C17H16FN3O3S. The summed E-state index contributed by atoms with van der Waals surface area (Å²) in [5, 5.41) is 8.57. The van der Waals surface area contributed by atoms with Crippen LogP contribution in [0.5, 0.6) is 0 Å². The van der Waals surface area contributed by atoms with Crippen LogP contribution in [0.25, 0.3) is 0 Å². The highest BCUT2D eigenvalue weighted by atomic mass is 32.2. The molecule has 130 valence electrons. The monoisotopic (exact) mass is 361 g/mol. The van der Waals surface area contributed by atoms with Crippen LogP contribution in [0.1, 0.15) is 16.8 Å². The molecular weight excluding hydrogens is 345 g/mol. The fraction of sp³-hybridized carbons (Fsp3) is 0.176. The van der Waals surface area contributed by atoms with Gasteiger partial charge in [-0.1, -0.05) is 18.2 Å². The molecule has 2 aromatic carbocycles. The van der Waals surface area contributed by atoms with E-state index in [4.69, 9.17) is 5.26 Å². The number of carbonyl (C=O) groups is 1. The molecule has 0 saturated heterocycles. The largest absolute Gasteiger partial charge is 0.341 e. The lowest BCUT2D eigenvalue weighted by atomic mass is 10.2. The Morgan fingerprint density at radius 3 is 2.64 bits per heavy atom. The van der Waals surface area contributed by atoms with Gasteiger partial charge in [-0.2, -0.15) is 5.26 Å². The summed E-state index contributed by atoms with van der Waals surface area (Å²) in [6.45, 7) is 0.236. The zero-order valence-electron chi connectivity index (χ0n) is 13.4. The first-order chi connectivity index (χ1) is 11.8. The van der Waals surface area contributed by atoms with Crippen molar-refractivity contribution in [3.8, 4) is 6.07 Å². The summed E-state index contributed by atoms with van der Waals surface area (Å²) in [6.07, 6.45) is 0.176. The van der Waals surface area contributed by atoms with Crippen molar-refractivity contribution in [1.82, 2.24) is 4.90 Å². The third-order valence-corrected chi connectivity index (χ3v) is 4.78. The van der Waals surface area contributed by atoms with Crippen LogP contribution in [0, 0.1) is 17.1 Å². The number of hydrogen-bond donors (Lipinski definition) is 1. The van der Waals surface area contributed by atoms with Gasteiger partial charge in [-0.3, -0.25) is 9.52 Å². The van der Waals surface area contributed by atoms with E-state index in [1.807, 2.05) is 6.07 Å². The molecule has 0 aliphatic heterocycles. The minimum Gasteiger partial charge on any atom is -0.341 e. The van der Waals surface area contributed by atoms with E-state index in [1.165, 1.54) is 54.4 Å². The molecule has 0 bridgehead atoms. The van der Waals surface area contributed by atoms with Crippen molar-refractivity contribution in [1.29, 1.82) is 5.26 Å². The quantitative estimate of drug-likeness (QED) is 0.856. The van der Waals surface area contributed by atoms with Gasteiger partial charge in [0.15, 0.2) is 0 Å². The lowest BCUT2D eigenvalue weighted by Gasteiger charge is -2.16. The molecule has 6 nitrogen and oxygen atoms in total. The smallest absolute Gasteiger partial charge is 0.262 e.